The van der Waals surface area contributed by atoms with Gasteiger partial charge in [-0.3, -0.25) is 9.78 Å². The maximum absolute atomic E-state index is 11.7. The Hall–Kier alpha value is -2.16. The van der Waals surface area contributed by atoms with Gasteiger partial charge in [0.15, 0.2) is 0 Å². The smallest absolute Gasteiger partial charge is 0.252 e. The summed E-state index contributed by atoms with van der Waals surface area (Å²) in [6, 6.07) is 10.2. The molecule has 3 heteroatoms. The normalized spacial score (nSPS) is 11.2. The molecule has 0 spiro atoms. The van der Waals surface area contributed by atoms with Crippen LogP contribution in [0.3, 0.4) is 0 Å². The summed E-state index contributed by atoms with van der Waals surface area (Å²) in [4.78, 5) is 15.8. The SMILES string of the molecule is CNC(=O)c1cncc(-c2cccc(C(C)(C)C)c2)c1. The number of hydrogen-bond acceptors (Lipinski definition) is 2. The number of benzene rings is 1. The summed E-state index contributed by atoms with van der Waals surface area (Å²) in [6.07, 6.45) is 3.37. The number of carbonyl (C=O) groups excluding carboxylic acids is 1. The Morgan fingerprint density at radius 1 is 1.10 bits per heavy atom. The Labute approximate surface area is 120 Å². The van der Waals surface area contributed by atoms with E-state index >= 15 is 0 Å². The van der Waals surface area contributed by atoms with E-state index < -0.39 is 0 Å². The third-order valence-corrected chi connectivity index (χ3v) is 3.29. The molecule has 0 atom stereocenters. The Morgan fingerprint density at radius 2 is 1.85 bits per heavy atom. The first-order valence-corrected chi connectivity index (χ1v) is 6.70. The fourth-order valence-electron chi connectivity index (χ4n) is 2.03. The Bertz CT molecular complexity index is 627. The zero-order chi connectivity index (χ0) is 14.8. The van der Waals surface area contributed by atoms with E-state index in [1.807, 2.05) is 18.2 Å². The van der Waals surface area contributed by atoms with Crippen LogP contribution < -0.4 is 5.32 Å². The number of aromatic nitrogens is 1. The first-order chi connectivity index (χ1) is 9.41. The van der Waals surface area contributed by atoms with Crippen LogP contribution >= 0.6 is 0 Å². The summed E-state index contributed by atoms with van der Waals surface area (Å²) >= 11 is 0. The molecule has 0 unspecified atom stereocenters. The topological polar surface area (TPSA) is 42.0 Å². The van der Waals surface area contributed by atoms with Crippen molar-refractivity contribution in [3.63, 3.8) is 0 Å². The highest BCUT2D eigenvalue weighted by atomic mass is 16.1. The van der Waals surface area contributed by atoms with Crippen molar-refractivity contribution >= 4 is 5.91 Å². The van der Waals surface area contributed by atoms with Crippen LogP contribution in [-0.2, 0) is 5.41 Å². The number of nitrogens with one attached hydrogen (secondary N) is 1. The number of amides is 1. The fraction of sp³-hybridized carbons (Fsp3) is 0.294. The van der Waals surface area contributed by atoms with E-state index in [9.17, 15) is 4.79 Å². The van der Waals surface area contributed by atoms with Gasteiger partial charge < -0.3 is 5.32 Å². The van der Waals surface area contributed by atoms with Gasteiger partial charge in [-0.2, -0.15) is 0 Å². The standard InChI is InChI=1S/C17H20N2O/c1-17(2,3)15-7-5-6-12(9-15)13-8-14(11-19-10-13)16(20)18-4/h5-11H,1-4H3,(H,18,20). The highest BCUT2D eigenvalue weighted by Crippen LogP contribution is 2.27. The molecule has 20 heavy (non-hydrogen) atoms. The lowest BCUT2D eigenvalue weighted by Gasteiger charge is -2.19. The maximum atomic E-state index is 11.7. The fourth-order valence-corrected chi connectivity index (χ4v) is 2.03. The van der Waals surface area contributed by atoms with E-state index in [1.165, 1.54) is 5.56 Å². The first kappa shape index (κ1) is 14.3. The van der Waals surface area contributed by atoms with Crippen molar-refractivity contribution in [2.75, 3.05) is 7.05 Å². The zero-order valence-electron chi connectivity index (χ0n) is 12.4. The molecule has 1 heterocycles. The molecule has 2 rings (SSSR count). The second kappa shape index (κ2) is 5.45. The molecule has 0 aliphatic rings. The largest absolute Gasteiger partial charge is 0.355 e. The van der Waals surface area contributed by atoms with Crippen LogP contribution in [0.2, 0.25) is 0 Å². The molecular formula is C17H20N2O. The molecule has 0 fully saturated rings. The molecule has 104 valence electrons. The Kier molecular flexibility index (Phi) is 3.89. The molecular weight excluding hydrogens is 248 g/mol. The second-order valence-electron chi connectivity index (χ2n) is 5.87. The first-order valence-electron chi connectivity index (χ1n) is 6.70. The molecule has 2 aromatic rings. The molecule has 0 saturated heterocycles. The highest BCUT2D eigenvalue weighted by molar-refractivity contribution is 5.94. The van der Waals surface area contributed by atoms with E-state index in [4.69, 9.17) is 0 Å². The van der Waals surface area contributed by atoms with Crippen LogP contribution in [0.1, 0.15) is 36.7 Å². The van der Waals surface area contributed by atoms with Crippen LogP contribution in [0.4, 0.5) is 0 Å². The monoisotopic (exact) mass is 268 g/mol. The second-order valence-corrected chi connectivity index (χ2v) is 5.87. The van der Waals surface area contributed by atoms with E-state index in [0.29, 0.717) is 5.56 Å². The summed E-state index contributed by atoms with van der Waals surface area (Å²) in [5.41, 5.74) is 3.97. The van der Waals surface area contributed by atoms with Crippen molar-refractivity contribution in [3.05, 3.63) is 53.9 Å². The van der Waals surface area contributed by atoms with Gasteiger partial charge in [0, 0.05) is 25.0 Å². The average molecular weight is 268 g/mol. The Balaban J connectivity index is 2.44. The minimum Gasteiger partial charge on any atom is -0.355 e. The minimum atomic E-state index is -0.119. The minimum absolute atomic E-state index is 0.0991. The van der Waals surface area contributed by atoms with Crippen LogP contribution in [0.15, 0.2) is 42.7 Å². The predicted molar refractivity (Wildman–Crippen MR) is 81.8 cm³/mol. The van der Waals surface area contributed by atoms with Crippen molar-refractivity contribution in [1.29, 1.82) is 0 Å². The molecule has 0 radical (unpaired) electrons. The molecule has 1 aromatic carbocycles. The highest BCUT2D eigenvalue weighted by Gasteiger charge is 2.14. The summed E-state index contributed by atoms with van der Waals surface area (Å²) in [7, 11) is 1.62. The third kappa shape index (κ3) is 3.05. The van der Waals surface area contributed by atoms with Crippen LogP contribution in [0.25, 0.3) is 11.1 Å². The average Bonchev–Trinajstić information content (AvgIpc) is 2.46. The lowest BCUT2D eigenvalue weighted by molar-refractivity contribution is 0.0963. The van der Waals surface area contributed by atoms with Crippen LogP contribution in [0.5, 0.6) is 0 Å². The van der Waals surface area contributed by atoms with Crippen LogP contribution in [0, 0.1) is 0 Å². The van der Waals surface area contributed by atoms with Gasteiger partial charge in [-0.1, -0.05) is 45.0 Å². The maximum Gasteiger partial charge on any atom is 0.252 e. The van der Waals surface area contributed by atoms with Crippen molar-refractivity contribution in [1.82, 2.24) is 10.3 Å². The number of pyridine rings is 1. The van der Waals surface area contributed by atoms with Gasteiger partial charge in [0.25, 0.3) is 5.91 Å². The van der Waals surface area contributed by atoms with Crippen molar-refractivity contribution < 1.29 is 4.79 Å². The van der Waals surface area contributed by atoms with Crippen LogP contribution in [-0.4, -0.2) is 17.9 Å². The summed E-state index contributed by atoms with van der Waals surface area (Å²) in [5.74, 6) is -0.119. The summed E-state index contributed by atoms with van der Waals surface area (Å²) < 4.78 is 0. The molecule has 0 aliphatic heterocycles. The Morgan fingerprint density at radius 3 is 2.50 bits per heavy atom. The van der Waals surface area contributed by atoms with Gasteiger partial charge >= 0.3 is 0 Å². The van der Waals surface area contributed by atoms with Gasteiger partial charge in [0.2, 0.25) is 0 Å². The molecule has 0 bridgehead atoms. The number of nitrogens with zero attached hydrogens (tertiary/aromatic N) is 1. The van der Waals surface area contributed by atoms with Gasteiger partial charge in [0.05, 0.1) is 5.56 Å². The summed E-state index contributed by atoms with van der Waals surface area (Å²) in [5, 5.41) is 2.62. The zero-order valence-corrected chi connectivity index (χ0v) is 12.4. The van der Waals surface area contributed by atoms with E-state index in [0.717, 1.165) is 11.1 Å². The van der Waals surface area contributed by atoms with Gasteiger partial charge in [-0.25, -0.2) is 0 Å². The van der Waals surface area contributed by atoms with E-state index in [2.05, 4.69) is 43.2 Å². The van der Waals surface area contributed by atoms with Crippen molar-refractivity contribution in [2.24, 2.45) is 0 Å². The van der Waals surface area contributed by atoms with E-state index in [1.54, 1.807) is 19.4 Å². The molecule has 3 nitrogen and oxygen atoms in total. The van der Waals surface area contributed by atoms with Crippen molar-refractivity contribution in [3.8, 4) is 11.1 Å². The quantitative estimate of drug-likeness (QED) is 0.907. The lowest BCUT2D eigenvalue weighted by atomic mass is 9.85. The third-order valence-electron chi connectivity index (χ3n) is 3.29. The lowest BCUT2D eigenvalue weighted by Crippen LogP contribution is -2.17. The summed E-state index contributed by atoms with van der Waals surface area (Å²) in [6.45, 7) is 6.56. The molecule has 1 amide bonds. The van der Waals surface area contributed by atoms with Gasteiger partial charge in [0.1, 0.15) is 0 Å². The predicted octanol–water partition coefficient (Wildman–Crippen LogP) is 3.41. The molecule has 1 N–H and O–H groups in total. The number of carbonyl (C=O) groups is 1. The molecule has 0 aliphatic carbocycles. The van der Waals surface area contributed by atoms with E-state index in [-0.39, 0.29) is 11.3 Å². The van der Waals surface area contributed by atoms with Gasteiger partial charge in [-0.15, -0.1) is 0 Å². The molecule has 0 saturated carbocycles. The molecule has 1 aromatic heterocycles. The number of rotatable bonds is 2. The number of hydrogen-bond donors (Lipinski definition) is 1. The van der Waals surface area contributed by atoms with Gasteiger partial charge in [-0.05, 0) is 22.6 Å². The van der Waals surface area contributed by atoms with Crippen molar-refractivity contribution in [2.45, 2.75) is 26.2 Å².